The minimum absolute atomic E-state index is 0.373. The normalized spacial score (nSPS) is 12.2. The second-order valence-corrected chi connectivity index (χ2v) is 21.8. The van der Waals surface area contributed by atoms with E-state index in [4.69, 9.17) is 4.85 Å². The fraction of sp³-hybridized carbons (Fsp3) is 0. The maximum Gasteiger partial charge on any atom is 0.237 e. The molecule has 6 aromatic heterocycles. The molecule has 0 saturated heterocycles. The molecule has 0 atom stereocenters. The molecule has 350 valence electrons. The van der Waals surface area contributed by atoms with E-state index < -0.39 is 0 Å². The molecule has 0 amide bonds. The maximum atomic E-state index is 12.7. The Morgan fingerprint density at radius 2 is 0.632 bits per heavy atom. The van der Waals surface area contributed by atoms with Crippen LogP contribution in [0.3, 0.4) is 0 Å². The zero-order valence-electron chi connectivity index (χ0n) is 40.3. The quantitative estimate of drug-likeness (QED) is 0.162. The average Bonchev–Trinajstić information content (AvgIpc) is 4.35. The Kier molecular flexibility index (Phi) is 8.36. The van der Waals surface area contributed by atoms with Crippen molar-refractivity contribution in [2.75, 3.05) is 0 Å². The third kappa shape index (κ3) is 5.26. The lowest BCUT2D eigenvalue weighted by molar-refractivity contribution is 1.04. The number of thiophene rings is 2. The second-order valence-electron chi connectivity index (χ2n) is 19.7. The first-order valence-corrected chi connectivity index (χ1v) is 27.0. The van der Waals surface area contributed by atoms with E-state index in [9.17, 15) is 11.8 Å². The Labute approximate surface area is 441 Å². The number of para-hydroxylation sites is 6. The van der Waals surface area contributed by atoms with E-state index in [1.165, 1.54) is 20.2 Å². The van der Waals surface area contributed by atoms with Crippen molar-refractivity contribution in [3.63, 3.8) is 0 Å². The number of nitriles is 1. The highest BCUT2D eigenvalue weighted by Crippen LogP contribution is 2.54. The van der Waals surface area contributed by atoms with Gasteiger partial charge in [-0.25, -0.2) is 4.85 Å². The molecule has 17 rings (SSSR count). The molecule has 11 aromatic carbocycles. The SMILES string of the molecule is [C-]#[N+]c1c(-n2c3ccccc3c3ccccc32)c(-n2c3ccccc3c3ccc4c5ccccc5sc4c32)c(-n2c3ccccc3c3ccccc32)c(C#N)c1-n1c2ccccc2c2ccc3c4ccccc4sc3c21. The maximum absolute atomic E-state index is 12.7. The topological polar surface area (TPSA) is 47.9 Å². The monoisotopic (exact) mass is 1000 g/mol. The molecule has 0 bridgehead atoms. The van der Waals surface area contributed by atoms with Gasteiger partial charge in [0.2, 0.25) is 5.69 Å². The molecule has 0 fully saturated rings. The molecule has 0 aliphatic rings. The summed E-state index contributed by atoms with van der Waals surface area (Å²) in [7, 11) is 0. The Hall–Kier alpha value is -9.96. The zero-order valence-corrected chi connectivity index (χ0v) is 41.9. The summed E-state index contributed by atoms with van der Waals surface area (Å²) in [6, 6.07) is 80.7. The molecule has 6 heterocycles. The lowest BCUT2D eigenvalue weighted by atomic mass is 10.0. The van der Waals surface area contributed by atoms with E-state index in [1.54, 1.807) is 22.7 Å². The highest BCUT2D eigenvalue weighted by atomic mass is 32.1. The minimum Gasteiger partial charge on any atom is -0.317 e. The number of hydrogen-bond acceptors (Lipinski definition) is 3. The van der Waals surface area contributed by atoms with Crippen molar-refractivity contribution in [3.8, 4) is 28.8 Å². The summed E-state index contributed by atoms with van der Waals surface area (Å²) < 4.78 is 14.0. The van der Waals surface area contributed by atoms with E-state index in [-0.39, 0.29) is 0 Å². The number of benzene rings is 11. The number of aromatic nitrogens is 4. The van der Waals surface area contributed by atoms with E-state index in [0.29, 0.717) is 28.3 Å². The van der Waals surface area contributed by atoms with Gasteiger partial charge in [0.25, 0.3) is 0 Å². The molecular weight excluding hydrogens is 965 g/mol. The highest BCUT2D eigenvalue weighted by molar-refractivity contribution is 7.27. The van der Waals surface area contributed by atoms with E-state index >= 15 is 0 Å². The van der Waals surface area contributed by atoms with Gasteiger partial charge in [0.15, 0.2) is 0 Å². The molecule has 0 radical (unpaired) electrons. The lowest BCUT2D eigenvalue weighted by Gasteiger charge is -2.27. The number of hydrogen-bond donors (Lipinski definition) is 0. The van der Waals surface area contributed by atoms with Crippen molar-refractivity contribution in [3.05, 3.63) is 235 Å². The smallest absolute Gasteiger partial charge is 0.237 e. The van der Waals surface area contributed by atoms with Gasteiger partial charge in [-0.15, -0.1) is 22.7 Å². The van der Waals surface area contributed by atoms with Gasteiger partial charge >= 0.3 is 0 Å². The van der Waals surface area contributed by atoms with Gasteiger partial charge in [0, 0.05) is 74.0 Å². The summed E-state index contributed by atoms with van der Waals surface area (Å²) in [5.74, 6) is 0. The molecule has 0 N–H and O–H groups in total. The lowest BCUT2D eigenvalue weighted by Crippen LogP contribution is -2.14. The van der Waals surface area contributed by atoms with Crippen molar-refractivity contribution >= 4 is 156 Å². The van der Waals surface area contributed by atoms with E-state index in [2.05, 4.69) is 243 Å². The molecule has 8 heteroatoms. The van der Waals surface area contributed by atoms with Crippen LogP contribution in [0.2, 0.25) is 0 Å². The van der Waals surface area contributed by atoms with Crippen LogP contribution in [0.25, 0.3) is 155 Å². The summed E-state index contributed by atoms with van der Waals surface area (Å²) in [6.45, 7) is 9.92. The van der Waals surface area contributed by atoms with Crippen LogP contribution < -0.4 is 0 Å². The van der Waals surface area contributed by atoms with E-state index in [0.717, 1.165) is 113 Å². The minimum atomic E-state index is 0.373. The predicted molar refractivity (Wildman–Crippen MR) is 321 cm³/mol. The summed E-state index contributed by atoms with van der Waals surface area (Å²) in [6.07, 6.45) is 0. The third-order valence-corrected chi connectivity index (χ3v) is 18.4. The van der Waals surface area contributed by atoms with Crippen molar-refractivity contribution in [1.29, 1.82) is 5.26 Å². The zero-order chi connectivity index (χ0) is 49.9. The Morgan fingerprint density at radius 1 is 0.316 bits per heavy atom. The van der Waals surface area contributed by atoms with Gasteiger partial charge in [0.1, 0.15) is 6.07 Å². The molecule has 0 unspecified atom stereocenters. The number of nitrogens with zero attached hydrogens (tertiary/aromatic N) is 6. The summed E-state index contributed by atoms with van der Waals surface area (Å²) >= 11 is 3.56. The Balaban J connectivity index is 1.22. The van der Waals surface area contributed by atoms with Crippen LogP contribution in [0.1, 0.15) is 5.56 Å². The van der Waals surface area contributed by atoms with Gasteiger partial charge in [-0.05, 0) is 48.5 Å². The third-order valence-electron chi connectivity index (χ3n) is 16.0. The van der Waals surface area contributed by atoms with Crippen molar-refractivity contribution in [2.45, 2.75) is 0 Å². The summed E-state index contributed by atoms with van der Waals surface area (Å²) in [5.41, 5.74) is 11.2. The average molecular weight is 1000 g/mol. The van der Waals surface area contributed by atoms with Crippen LogP contribution in [0, 0.1) is 17.9 Å². The van der Waals surface area contributed by atoms with Gasteiger partial charge in [-0.3, -0.25) is 0 Å². The molecule has 76 heavy (non-hydrogen) atoms. The van der Waals surface area contributed by atoms with Gasteiger partial charge < -0.3 is 18.3 Å². The molecule has 0 aliphatic heterocycles. The van der Waals surface area contributed by atoms with Gasteiger partial charge in [-0.2, -0.15) is 5.26 Å². The standard InChI is InChI=1S/C68H36N6S2/c1-70-60-61(73-56-30-14-6-22-43(56)47-34-36-49-45-24-8-16-32-58(45)75-67(49)63(47)73)51(38-69)62(71-52-26-10-2-18-39(52)40-19-3-11-27-53(40)71)66(65(60)72-54-28-12-4-20-41(54)42-21-5-13-29-55(42)72)74-57-31-15-7-23-44(57)48-35-37-50-46-25-9-17-33-59(46)76-68(50)64(48)74/h2-37H. The largest absolute Gasteiger partial charge is 0.317 e. The summed E-state index contributed by atoms with van der Waals surface area (Å²) in [5, 5.41) is 26.0. The second kappa shape index (κ2) is 15.3. The molecular formula is C68H36N6S2. The molecule has 0 spiro atoms. The van der Waals surface area contributed by atoms with Crippen LogP contribution in [0.4, 0.5) is 5.69 Å². The van der Waals surface area contributed by atoms with Gasteiger partial charge in [0.05, 0.1) is 88.4 Å². The molecule has 0 aliphatic carbocycles. The van der Waals surface area contributed by atoms with Crippen LogP contribution in [-0.4, -0.2) is 18.3 Å². The van der Waals surface area contributed by atoms with Crippen molar-refractivity contribution in [2.24, 2.45) is 0 Å². The predicted octanol–water partition coefficient (Wildman–Crippen LogP) is 19.2. The summed E-state index contributed by atoms with van der Waals surface area (Å²) in [4.78, 5) is 4.86. The number of fused-ring (bicyclic) bond motifs is 20. The van der Waals surface area contributed by atoms with Gasteiger partial charge in [-0.1, -0.05) is 170 Å². The Bertz CT molecular complexity index is 5260. The highest BCUT2D eigenvalue weighted by Gasteiger charge is 2.35. The Morgan fingerprint density at radius 3 is 1.03 bits per heavy atom. The van der Waals surface area contributed by atoms with Crippen LogP contribution in [-0.2, 0) is 0 Å². The van der Waals surface area contributed by atoms with Crippen LogP contribution in [0.15, 0.2) is 218 Å². The first-order valence-electron chi connectivity index (χ1n) is 25.4. The first kappa shape index (κ1) is 41.5. The van der Waals surface area contributed by atoms with Crippen molar-refractivity contribution < 1.29 is 0 Å². The fourth-order valence-corrected chi connectivity index (χ4v) is 15.5. The molecule has 6 nitrogen and oxygen atoms in total. The fourth-order valence-electron chi connectivity index (χ4n) is 13.0. The molecule has 0 saturated carbocycles. The van der Waals surface area contributed by atoms with Crippen LogP contribution in [0.5, 0.6) is 0 Å². The van der Waals surface area contributed by atoms with E-state index in [1.807, 2.05) is 0 Å². The molecule has 17 aromatic rings. The van der Waals surface area contributed by atoms with Crippen molar-refractivity contribution in [1.82, 2.24) is 18.3 Å². The number of rotatable bonds is 4. The van der Waals surface area contributed by atoms with Crippen LogP contribution >= 0.6 is 22.7 Å². The first-order chi connectivity index (χ1) is 37.7.